The summed E-state index contributed by atoms with van der Waals surface area (Å²) in [7, 11) is 0. The Balaban J connectivity index is 1.73. The van der Waals surface area contributed by atoms with Gasteiger partial charge in [0, 0.05) is 38.5 Å². The Hall–Kier alpha value is -2.63. The van der Waals surface area contributed by atoms with E-state index in [1.807, 2.05) is 29.7 Å². The van der Waals surface area contributed by atoms with E-state index in [1.165, 1.54) is 17.5 Å². The first-order valence-electron chi connectivity index (χ1n) is 10.6. The number of aliphatic hydroxyl groups excluding tert-OH is 1. The molecule has 0 bridgehead atoms. The number of nitrogens with one attached hydrogen (secondary N) is 1. The Kier molecular flexibility index (Phi) is 5.91. The molecule has 0 fully saturated rings. The maximum atomic E-state index is 10.5. The van der Waals surface area contributed by atoms with Crippen molar-refractivity contribution >= 4 is 59.1 Å². The lowest BCUT2D eigenvalue weighted by Gasteiger charge is -2.24. The van der Waals surface area contributed by atoms with E-state index in [-0.39, 0.29) is 23.3 Å². The van der Waals surface area contributed by atoms with Crippen LogP contribution in [0.15, 0.2) is 58.6 Å². The summed E-state index contributed by atoms with van der Waals surface area (Å²) in [5.41, 5.74) is 2.32. The van der Waals surface area contributed by atoms with Crippen molar-refractivity contribution in [3.63, 3.8) is 0 Å². The first-order chi connectivity index (χ1) is 15.1. The summed E-state index contributed by atoms with van der Waals surface area (Å²) in [6.45, 7) is 17.3. The number of hydrogen-bond acceptors (Lipinski definition) is 3. The Bertz CT molecular complexity index is 1330. The van der Waals surface area contributed by atoms with Gasteiger partial charge in [-0.25, -0.2) is 4.99 Å². The molecule has 0 radical (unpaired) electrons. The Labute approximate surface area is 198 Å². The fraction of sp³-hybridized carbons (Fsp3) is 0.269. The van der Waals surface area contributed by atoms with E-state index in [0.717, 1.165) is 26.7 Å². The summed E-state index contributed by atoms with van der Waals surface area (Å²) in [4.78, 5) is 5.21. The molecule has 0 saturated carbocycles. The van der Waals surface area contributed by atoms with Crippen molar-refractivity contribution in [2.24, 2.45) is 10.9 Å². The second-order valence-electron chi connectivity index (χ2n) is 9.22. The SMILES string of the molecule is C=c1c2c(Cl)ccc(NSc3ccc(C(C)(C)C)cc3)c2c(=C)n1C1C(O)=NC=CC1C. The van der Waals surface area contributed by atoms with Crippen molar-refractivity contribution in [2.45, 2.75) is 44.0 Å². The highest BCUT2D eigenvalue weighted by Gasteiger charge is 2.28. The molecule has 0 amide bonds. The van der Waals surface area contributed by atoms with Crippen molar-refractivity contribution in [1.29, 1.82) is 0 Å². The number of nitrogens with zero attached hydrogens (tertiary/aromatic N) is 2. The molecular weight excluding hydrogens is 438 g/mol. The normalized spacial score (nSPS) is 18.7. The molecule has 4 rings (SSSR count). The fourth-order valence-electron chi connectivity index (χ4n) is 4.14. The highest BCUT2D eigenvalue weighted by atomic mass is 35.5. The predicted molar refractivity (Wildman–Crippen MR) is 139 cm³/mol. The van der Waals surface area contributed by atoms with Crippen molar-refractivity contribution in [3.8, 4) is 0 Å². The first kappa shape index (κ1) is 22.6. The van der Waals surface area contributed by atoms with Crippen LogP contribution in [-0.2, 0) is 5.41 Å². The van der Waals surface area contributed by atoms with Gasteiger partial charge in [-0.15, -0.1) is 0 Å². The third-order valence-corrected chi connectivity index (χ3v) is 7.09. The van der Waals surface area contributed by atoms with Gasteiger partial charge in [-0.3, -0.25) is 0 Å². The minimum Gasteiger partial charge on any atom is -0.495 e. The summed E-state index contributed by atoms with van der Waals surface area (Å²) < 4.78 is 5.41. The number of aliphatic imine (C=N–C) groups is 1. The zero-order valence-electron chi connectivity index (χ0n) is 18.8. The lowest BCUT2D eigenvalue weighted by Crippen LogP contribution is -2.38. The van der Waals surface area contributed by atoms with Gasteiger partial charge in [0.25, 0.3) is 0 Å². The van der Waals surface area contributed by atoms with Gasteiger partial charge >= 0.3 is 0 Å². The van der Waals surface area contributed by atoms with Crippen LogP contribution in [-0.4, -0.2) is 15.6 Å². The summed E-state index contributed by atoms with van der Waals surface area (Å²) in [5, 5.41) is 14.3. The molecule has 2 atom stereocenters. The number of halogens is 1. The number of anilines is 1. The molecule has 0 spiro atoms. The Morgan fingerprint density at radius 2 is 1.72 bits per heavy atom. The van der Waals surface area contributed by atoms with Crippen molar-refractivity contribution in [1.82, 2.24) is 4.57 Å². The predicted octanol–water partition coefficient (Wildman–Crippen LogP) is 6.19. The van der Waals surface area contributed by atoms with Gasteiger partial charge in [-0.2, -0.15) is 0 Å². The monoisotopic (exact) mass is 465 g/mol. The molecule has 1 aromatic heterocycles. The topological polar surface area (TPSA) is 49.5 Å². The van der Waals surface area contributed by atoms with Crippen LogP contribution in [0.4, 0.5) is 5.69 Å². The Morgan fingerprint density at radius 1 is 1.06 bits per heavy atom. The van der Waals surface area contributed by atoms with Crippen LogP contribution in [0.2, 0.25) is 5.02 Å². The standard InChI is InChI=1S/C26H28ClN3OS/c1-15-13-14-28-25(31)24(15)30-16(2)22-20(27)11-12-21(23(22)17(30)3)29-32-19-9-7-18(8-10-19)26(4,5)6/h7-15,24,29H,2-3H2,1,4-6H3,(H,28,31). The van der Waals surface area contributed by atoms with Gasteiger partial charge in [0.05, 0.1) is 10.7 Å². The van der Waals surface area contributed by atoms with Gasteiger partial charge in [-0.1, -0.05) is 70.7 Å². The molecule has 0 aliphatic carbocycles. The summed E-state index contributed by atoms with van der Waals surface area (Å²) in [6.07, 6.45) is 3.60. The molecule has 4 nitrogen and oxygen atoms in total. The van der Waals surface area contributed by atoms with Crippen molar-refractivity contribution in [3.05, 3.63) is 70.0 Å². The van der Waals surface area contributed by atoms with E-state index in [2.05, 4.69) is 67.9 Å². The summed E-state index contributed by atoms with van der Waals surface area (Å²) in [6, 6.07) is 12.0. The minimum atomic E-state index is -0.367. The number of aromatic nitrogens is 1. The maximum Gasteiger partial charge on any atom is 0.209 e. The van der Waals surface area contributed by atoms with Gasteiger partial charge in [0.1, 0.15) is 6.04 Å². The van der Waals surface area contributed by atoms with Crippen LogP contribution in [0.1, 0.15) is 39.3 Å². The third-order valence-electron chi connectivity index (χ3n) is 5.95. The average Bonchev–Trinajstić information content (AvgIpc) is 2.99. The van der Waals surface area contributed by atoms with Crippen LogP contribution in [0, 0.1) is 5.92 Å². The van der Waals surface area contributed by atoms with E-state index >= 15 is 0 Å². The number of hydrogen-bond donors (Lipinski definition) is 2. The number of rotatable bonds is 4. The zero-order chi connectivity index (χ0) is 23.2. The molecule has 0 saturated heterocycles. The second kappa shape index (κ2) is 8.38. The van der Waals surface area contributed by atoms with Gasteiger partial charge in [-0.05, 0) is 47.2 Å². The molecule has 2 heterocycles. The molecule has 1 aliphatic heterocycles. The van der Waals surface area contributed by atoms with E-state index in [0.29, 0.717) is 10.4 Å². The highest BCUT2D eigenvalue weighted by molar-refractivity contribution is 8.00. The largest absolute Gasteiger partial charge is 0.495 e. The molecule has 2 unspecified atom stereocenters. The quantitative estimate of drug-likeness (QED) is 0.451. The number of fused-ring (bicyclic) bond motifs is 1. The zero-order valence-corrected chi connectivity index (χ0v) is 20.4. The molecule has 3 aromatic rings. The molecular formula is C26H28ClN3OS. The summed E-state index contributed by atoms with van der Waals surface area (Å²) >= 11 is 8.13. The lowest BCUT2D eigenvalue weighted by molar-refractivity contribution is 0.406. The van der Waals surface area contributed by atoms with Crippen molar-refractivity contribution in [2.75, 3.05) is 4.72 Å². The molecule has 2 N–H and O–H groups in total. The van der Waals surface area contributed by atoms with Gasteiger partial charge in [0.2, 0.25) is 5.90 Å². The van der Waals surface area contributed by atoms with Crippen LogP contribution >= 0.6 is 23.5 Å². The molecule has 32 heavy (non-hydrogen) atoms. The van der Waals surface area contributed by atoms with Crippen molar-refractivity contribution < 1.29 is 5.11 Å². The maximum absolute atomic E-state index is 10.5. The lowest BCUT2D eigenvalue weighted by atomic mass is 9.87. The van der Waals surface area contributed by atoms with Crippen LogP contribution in [0.5, 0.6) is 0 Å². The summed E-state index contributed by atoms with van der Waals surface area (Å²) in [5.74, 6) is 0.0928. The fourth-order valence-corrected chi connectivity index (χ4v) is 5.08. The highest BCUT2D eigenvalue weighted by Crippen LogP contribution is 2.32. The van der Waals surface area contributed by atoms with Gasteiger partial charge < -0.3 is 14.4 Å². The minimum absolute atomic E-state index is 0.0428. The third kappa shape index (κ3) is 3.96. The van der Waals surface area contributed by atoms with E-state index in [9.17, 15) is 5.11 Å². The van der Waals surface area contributed by atoms with E-state index < -0.39 is 0 Å². The number of allylic oxidation sites excluding steroid dienone is 1. The smallest absolute Gasteiger partial charge is 0.209 e. The molecule has 166 valence electrons. The van der Waals surface area contributed by atoms with Crippen LogP contribution in [0.3, 0.4) is 0 Å². The van der Waals surface area contributed by atoms with E-state index in [1.54, 1.807) is 6.20 Å². The van der Waals surface area contributed by atoms with Gasteiger partial charge in [0.15, 0.2) is 0 Å². The number of benzene rings is 2. The van der Waals surface area contributed by atoms with Crippen LogP contribution < -0.4 is 15.4 Å². The molecule has 6 heteroatoms. The molecule has 1 aliphatic rings. The first-order valence-corrected chi connectivity index (χ1v) is 11.8. The Morgan fingerprint density at radius 3 is 2.34 bits per heavy atom. The van der Waals surface area contributed by atoms with E-state index in [4.69, 9.17) is 11.6 Å². The van der Waals surface area contributed by atoms with Crippen LogP contribution in [0.25, 0.3) is 23.9 Å². The number of aliphatic hydroxyl groups is 1. The second-order valence-corrected chi connectivity index (χ2v) is 10.5. The molecule has 2 aromatic carbocycles. The average molecular weight is 466 g/mol.